The summed E-state index contributed by atoms with van der Waals surface area (Å²) in [4.78, 5) is 6.89. The Morgan fingerprint density at radius 1 is 1.20 bits per heavy atom. The minimum Gasteiger partial charge on any atom is -0.327 e. The standard InChI is InChI=1S/C15H19ClFN3/c16-7-6-14-18-15-12(17)4-3-5-13(15)20(14)11-10-19-8-1-2-9-19/h3-5H,1-2,6-11H2. The third-order valence-electron chi connectivity index (χ3n) is 3.97. The molecule has 0 N–H and O–H groups in total. The van der Waals surface area contributed by atoms with Gasteiger partial charge in [0, 0.05) is 25.4 Å². The van der Waals surface area contributed by atoms with Crippen LogP contribution in [0.1, 0.15) is 18.7 Å². The van der Waals surface area contributed by atoms with Crippen LogP contribution in [0.3, 0.4) is 0 Å². The molecule has 1 aliphatic heterocycles. The molecular formula is C15H19ClFN3. The molecule has 20 heavy (non-hydrogen) atoms. The van der Waals surface area contributed by atoms with Crippen LogP contribution in [-0.4, -0.2) is 40.0 Å². The zero-order chi connectivity index (χ0) is 13.9. The summed E-state index contributed by atoms with van der Waals surface area (Å²) in [5.74, 6) is 1.15. The van der Waals surface area contributed by atoms with Crippen molar-refractivity contribution < 1.29 is 4.39 Å². The van der Waals surface area contributed by atoms with Crippen molar-refractivity contribution in [3.05, 3.63) is 29.8 Å². The molecule has 0 spiro atoms. The molecule has 3 nitrogen and oxygen atoms in total. The fourth-order valence-corrected chi connectivity index (χ4v) is 3.10. The summed E-state index contributed by atoms with van der Waals surface area (Å²) in [6.07, 6.45) is 3.25. The first-order valence-electron chi connectivity index (χ1n) is 7.21. The summed E-state index contributed by atoms with van der Waals surface area (Å²) in [5, 5.41) is 0. The van der Waals surface area contributed by atoms with Crippen LogP contribution in [0, 0.1) is 5.82 Å². The van der Waals surface area contributed by atoms with Gasteiger partial charge in [-0.3, -0.25) is 0 Å². The highest BCUT2D eigenvalue weighted by Gasteiger charge is 2.16. The quantitative estimate of drug-likeness (QED) is 0.791. The fourth-order valence-electron chi connectivity index (χ4n) is 2.93. The number of rotatable bonds is 5. The lowest BCUT2D eigenvalue weighted by atomic mass is 10.3. The molecule has 0 atom stereocenters. The minimum atomic E-state index is -0.252. The average Bonchev–Trinajstić information content (AvgIpc) is 3.05. The third kappa shape index (κ3) is 2.67. The van der Waals surface area contributed by atoms with Crippen LogP contribution in [-0.2, 0) is 13.0 Å². The van der Waals surface area contributed by atoms with Crippen molar-refractivity contribution >= 4 is 22.6 Å². The zero-order valence-corrected chi connectivity index (χ0v) is 12.2. The largest absolute Gasteiger partial charge is 0.327 e. The van der Waals surface area contributed by atoms with Crippen LogP contribution >= 0.6 is 11.6 Å². The van der Waals surface area contributed by atoms with E-state index in [0.29, 0.717) is 17.8 Å². The van der Waals surface area contributed by atoms with E-state index in [1.54, 1.807) is 6.07 Å². The number of aryl methyl sites for hydroxylation is 1. The Morgan fingerprint density at radius 3 is 2.75 bits per heavy atom. The number of imidazole rings is 1. The highest BCUT2D eigenvalue weighted by molar-refractivity contribution is 6.17. The molecule has 1 aromatic carbocycles. The van der Waals surface area contributed by atoms with Gasteiger partial charge in [-0.1, -0.05) is 6.07 Å². The summed E-state index contributed by atoms with van der Waals surface area (Å²) in [5.41, 5.74) is 1.35. The van der Waals surface area contributed by atoms with E-state index in [-0.39, 0.29) is 5.82 Å². The predicted octanol–water partition coefficient (Wildman–Crippen LogP) is 3.05. The second-order valence-electron chi connectivity index (χ2n) is 5.27. The molecular weight excluding hydrogens is 277 g/mol. The van der Waals surface area contributed by atoms with E-state index in [4.69, 9.17) is 11.6 Å². The first-order valence-corrected chi connectivity index (χ1v) is 7.75. The van der Waals surface area contributed by atoms with Crippen LogP contribution in [0.5, 0.6) is 0 Å². The first kappa shape index (κ1) is 13.8. The molecule has 0 saturated carbocycles. The number of para-hydroxylation sites is 1. The van der Waals surface area contributed by atoms with Crippen molar-refractivity contribution in [2.45, 2.75) is 25.8 Å². The van der Waals surface area contributed by atoms with Gasteiger partial charge >= 0.3 is 0 Å². The van der Waals surface area contributed by atoms with Gasteiger partial charge in [0.1, 0.15) is 11.3 Å². The van der Waals surface area contributed by atoms with E-state index in [2.05, 4.69) is 14.5 Å². The molecule has 2 aromatic rings. The van der Waals surface area contributed by atoms with Crippen molar-refractivity contribution in [2.75, 3.05) is 25.5 Å². The monoisotopic (exact) mass is 295 g/mol. The predicted molar refractivity (Wildman–Crippen MR) is 79.8 cm³/mol. The van der Waals surface area contributed by atoms with Crippen LogP contribution in [0.2, 0.25) is 0 Å². The molecule has 0 unspecified atom stereocenters. The number of fused-ring (bicyclic) bond motifs is 1. The average molecular weight is 296 g/mol. The lowest BCUT2D eigenvalue weighted by Crippen LogP contribution is -2.24. The molecule has 0 bridgehead atoms. The minimum absolute atomic E-state index is 0.252. The SMILES string of the molecule is Fc1cccc2c1nc(CCCl)n2CCN1CCCC1. The van der Waals surface area contributed by atoms with Crippen molar-refractivity contribution in [3.63, 3.8) is 0 Å². The van der Waals surface area contributed by atoms with E-state index < -0.39 is 0 Å². The summed E-state index contributed by atoms with van der Waals surface area (Å²) in [6, 6.07) is 5.15. The molecule has 3 rings (SSSR count). The highest BCUT2D eigenvalue weighted by Crippen LogP contribution is 2.20. The number of nitrogens with zero attached hydrogens (tertiary/aromatic N) is 3. The van der Waals surface area contributed by atoms with Crippen LogP contribution in [0.4, 0.5) is 4.39 Å². The summed E-state index contributed by atoms with van der Waals surface area (Å²) < 4.78 is 16.0. The van der Waals surface area contributed by atoms with Crippen molar-refractivity contribution in [2.24, 2.45) is 0 Å². The van der Waals surface area contributed by atoms with Gasteiger partial charge in [-0.15, -0.1) is 11.6 Å². The summed E-state index contributed by atoms with van der Waals surface area (Å²) in [7, 11) is 0. The molecule has 2 heterocycles. The Morgan fingerprint density at radius 2 is 2.00 bits per heavy atom. The molecule has 1 saturated heterocycles. The van der Waals surface area contributed by atoms with Gasteiger partial charge in [0.05, 0.1) is 5.52 Å². The van der Waals surface area contributed by atoms with E-state index in [9.17, 15) is 4.39 Å². The maximum Gasteiger partial charge on any atom is 0.151 e. The van der Waals surface area contributed by atoms with Crippen molar-refractivity contribution in [1.82, 2.24) is 14.5 Å². The Kier molecular flexibility index (Phi) is 4.22. The maximum absolute atomic E-state index is 13.8. The van der Waals surface area contributed by atoms with E-state index in [0.717, 1.165) is 24.4 Å². The number of alkyl halides is 1. The van der Waals surface area contributed by atoms with Crippen LogP contribution < -0.4 is 0 Å². The number of hydrogen-bond acceptors (Lipinski definition) is 2. The Hall–Kier alpha value is -1.13. The smallest absolute Gasteiger partial charge is 0.151 e. The molecule has 0 radical (unpaired) electrons. The van der Waals surface area contributed by atoms with Crippen LogP contribution in [0.15, 0.2) is 18.2 Å². The second-order valence-corrected chi connectivity index (χ2v) is 5.65. The molecule has 5 heteroatoms. The number of aromatic nitrogens is 2. The fraction of sp³-hybridized carbons (Fsp3) is 0.533. The van der Waals surface area contributed by atoms with Gasteiger partial charge in [-0.25, -0.2) is 9.37 Å². The second kappa shape index (κ2) is 6.10. The first-order chi connectivity index (χ1) is 9.79. The molecule has 1 aromatic heterocycles. The van der Waals surface area contributed by atoms with Gasteiger partial charge in [0.25, 0.3) is 0 Å². The van der Waals surface area contributed by atoms with Gasteiger partial charge in [0.2, 0.25) is 0 Å². The number of halogens is 2. The van der Waals surface area contributed by atoms with Gasteiger partial charge in [-0.2, -0.15) is 0 Å². The van der Waals surface area contributed by atoms with E-state index in [1.165, 1.54) is 32.0 Å². The Balaban J connectivity index is 1.89. The van der Waals surface area contributed by atoms with Gasteiger partial charge in [0.15, 0.2) is 5.82 Å². The molecule has 1 aliphatic rings. The van der Waals surface area contributed by atoms with Gasteiger partial charge < -0.3 is 9.47 Å². The lowest BCUT2D eigenvalue weighted by Gasteiger charge is -2.16. The van der Waals surface area contributed by atoms with Crippen molar-refractivity contribution in [1.29, 1.82) is 0 Å². The molecule has 1 fully saturated rings. The topological polar surface area (TPSA) is 21.1 Å². The number of benzene rings is 1. The summed E-state index contributed by atoms with van der Waals surface area (Å²) in [6.45, 7) is 4.20. The summed E-state index contributed by atoms with van der Waals surface area (Å²) >= 11 is 5.85. The third-order valence-corrected chi connectivity index (χ3v) is 4.15. The van der Waals surface area contributed by atoms with E-state index in [1.807, 2.05) is 6.07 Å². The maximum atomic E-state index is 13.8. The lowest BCUT2D eigenvalue weighted by molar-refractivity contribution is 0.322. The Bertz CT molecular complexity index is 590. The van der Waals surface area contributed by atoms with Crippen LogP contribution in [0.25, 0.3) is 11.0 Å². The highest BCUT2D eigenvalue weighted by atomic mass is 35.5. The Labute approximate surface area is 123 Å². The molecule has 108 valence electrons. The van der Waals surface area contributed by atoms with Gasteiger partial charge in [-0.05, 0) is 38.1 Å². The van der Waals surface area contributed by atoms with Crippen molar-refractivity contribution in [3.8, 4) is 0 Å². The molecule has 0 amide bonds. The molecule has 0 aliphatic carbocycles. The zero-order valence-electron chi connectivity index (χ0n) is 11.5. The van der Waals surface area contributed by atoms with E-state index >= 15 is 0 Å². The number of likely N-dealkylation sites (tertiary alicyclic amines) is 1. The number of hydrogen-bond donors (Lipinski definition) is 0. The normalized spacial score (nSPS) is 16.3.